The van der Waals surface area contributed by atoms with Crippen LogP contribution in [-0.2, 0) is 14.3 Å². The average molecular weight is 285 g/mol. The minimum atomic E-state index is -0.309. The number of hydrogen-bond donors (Lipinski definition) is 0. The highest BCUT2D eigenvalue weighted by Gasteiger charge is 2.31. The van der Waals surface area contributed by atoms with E-state index in [0.717, 1.165) is 25.7 Å². The standard InChI is InChI=1S/C15H27NO4/c1-4-19-14(17)11-12(3)16(15(18)20-5-2)13-9-7-6-8-10-13/h12-13H,4-11H2,1-3H3. The fourth-order valence-electron chi connectivity index (χ4n) is 2.81. The summed E-state index contributed by atoms with van der Waals surface area (Å²) in [6.45, 7) is 6.20. The van der Waals surface area contributed by atoms with Crippen molar-refractivity contribution in [2.24, 2.45) is 0 Å². The molecule has 1 saturated carbocycles. The largest absolute Gasteiger partial charge is 0.466 e. The maximum absolute atomic E-state index is 12.2. The van der Waals surface area contributed by atoms with Gasteiger partial charge in [0.25, 0.3) is 0 Å². The Kier molecular flexibility index (Phi) is 7.41. The van der Waals surface area contributed by atoms with Gasteiger partial charge in [-0.3, -0.25) is 4.79 Å². The summed E-state index contributed by atoms with van der Waals surface area (Å²) in [6.07, 6.45) is 5.39. The first-order chi connectivity index (χ1) is 9.60. The van der Waals surface area contributed by atoms with Gasteiger partial charge in [-0.25, -0.2) is 4.79 Å². The first kappa shape index (κ1) is 16.8. The van der Waals surface area contributed by atoms with Crippen LogP contribution in [0.25, 0.3) is 0 Å². The van der Waals surface area contributed by atoms with Crippen LogP contribution in [0.1, 0.15) is 59.3 Å². The molecule has 0 radical (unpaired) electrons. The van der Waals surface area contributed by atoms with Gasteiger partial charge in [-0.2, -0.15) is 0 Å². The molecule has 116 valence electrons. The predicted octanol–water partition coefficient (Wildman–Crippen LogP) is 3.12. The molecule has 0 saturated heterocycles. The van der Waals surface area contributed by atoms with Crippen LogP contribution in [-0.4, -0.2) is 42.3 Å². The Hall–Kier alpha value is -1.26. The van der Waals surface area contributed by atoms with Crippen LogP contribution in [0, 0.1) is 0 Å². The van der Waals surface area contributed by atoms with Gasteiger partial charge in [0, 0.05) is 12.1 Å². The summed E-state index contributed by atoms with van der Waals surface area (Å²) >= 11 is 0. The van der Waals surface area contributed by atoms with Gasteiger partial charge in [0.05, 0.1) is 19.6 Å². The molecule has 1 unspecified atom stereocenters. The molecule has 0 aromatic carbocycles. The van der Waals surface area contributed by atoms with Crippen LogP contribution in [0.2, 0.25) is 0 Å². The lowest BCUT2D eigenvalue weighted by Gasteiger charge is -2.37. The number of ether oxygens (including phenoxy) is 2. The second-order valence-corrected chi connectivity index (χ2v) is 5.26. The quantitative estimate of drug-likeness (QED) is 0.704. The van der Waals surface area contributed by atoms with Crippen molar-refractivity contribution in [1.29, 1.82) is 0 Å². The van der Waals surface area contributed by atoms with Gasteiger partial charge in [0.15, 0.2) is 0 Å². The van der Waals surface area contributed by atoms with Gasteiger partial charge < -0.3 is 14.4 Å². The fourth-order valence-corrected chi connectivity index (χ4v) is 2.81. The summed E-state index contributed by atoms with van der Waals surface area (Å²) in [6, 6.07) is 0.00317. The van der Waals surface area contributed by atoms with Crippen molar-refractivity contribution in [1.82, 2.24) is 4.90 Å². The summed E-state index contributed by atoms with van der Waals surface area (Å²) < 4.78 is 10.1. The molecular weight excluding hydrogens is 258 g/mol. The minimum Gasteiger partial charge on any atom is -0.466 e. The van der Waals surface area contributed by atoms with E-state index in [9.17, 15) is 9.59 Å². The van der Waals surface area contributed by atoms with Crippen LogP contribution in [0.15, 0.2) is 0 Å². The van der Waals surface area contributed by atoms with Crippen molar-refractivity contribution in [3.05, 3.63) is 0 Å². The molecule has 1 aliphatic rings. The van der Waals surface area contributed by atoms with Gasteiger partial charge in [0.2, 0.25) is 0 Å². The second-order valence-electron chi connectivity index (χ2n) is 5.26. The van der Waals surface area contributed by atoms with Crippen molar-refractivity contribution < 1.29 is 19.1 Å². The van der Waals surface area contributed by atoms with Gasteiger partial charge in [-0.15, -0.1) is 0 Å². The second kappa shape index (κ2) is 8.82. The van der Waals surface area contributed by atoms with E-state index >= 15 is 0 Å². The topological polar surface area (TPSA) is 55.8 Å². The van der Waals surface area contributed by atoms with E-state index < -0.39 is 0 Å². The third-order valence-corrected chi connectivity index (χ3v) is 3.69. The van der Waals surface area contributed by atoms with Gasteiger partial charge >= 0.3 is 12.1 Å². The highest BCUT2D eigenvalue weighted by atomic mass is 16.6. The van der Waals surface area contributed by atoms with Crippen molar-refractivity contribution in [2.45, 2.75) is 71.4 Å². The zero-order valence-corrected chi connectivity index (χ0v) is 12.9. The van der Waals surface area contributed by atoms with Crippen LogP contribution >= 0.6 is 0 Å². The van der Waals surface area contributed by atoms with Crippen molar-refractivity contribution in [3.8, 4) is 0 Å². The Morgan fingerprint density at radius 1 is 1.10 bits per heavy atom. The third-order valence-electron chi connectivity index (χ3n) is 3.69. The predicted molar refractivity (Wildman–Crippen MR) is 76.4 cm³/mol. The SMILES string of the molecule is CCOC(=O)CC(C)N(C(=O)OCC)C1CCCCC1. The number of amides is 1. The average Bonchev–Trinajstić information content (AvgIpc) is 2.40. The van der Waals surface area contributed by atoms with Crippen LogP contribution in [0.5, 0.6) is 0 Å². The third kappa shape index (κ3) is 5.02. The molecule has 1 aliphatic carbocycles. The van der Waals surface area contributed by atoms with Crippen LogP contribution < -0.4 is 0 Å². The summed E-state index contributed by atoms with van der Waals surface area (Å²) in [4.78, 5) is 25.5. The number of esters is 1. The molecule has 5 heteroatoms. The maximum atomic E-state index is 12.2. The maximum Gasteiger partial charge on any atom is 0.410 e. The molecule has 1 rings (SSSR count). The normalized spacial score (nSPS) is 17.4. The highest BCUT2D eigenvalue weighted by Crippen LogP contribution is 2.25. The Morgan fingerprint density at radius 3 is 2.25 bits per heavy atom. The molecule has 1 fully saturated rings. The molecule has 20 heavy (non-hydrogen) atoms. The molecule has 1 atom stereocenters. The molecule has 1 amide bonds. The summed E-state index contributed by atoms with van der Waals surface area (Å²) in [5.74, 6) is -0.259. The molecule has 0 spiro atoms. The summed E-state index contributed by atoms with van der Waals surface area (Å²) in [5.41, 5.74) is 0. The van der Waals surface area contributed by atoms with Crippen molar-refractivity contribution in [2.75, 3.05) is 13.2 Å². The number of carbonyl (C=O) groups excluding carboxylic acids is 2. The van der Waals surface area contributed by atoms with Crippen molar-refractivity contribution >= 4 is 12.1 Å². The zero-order chi connectivity index (χ0) is 15.0. The Bertz CT molecular complexity index is 313. The summed E-state index contributed by atoms with van der Waals surface area (Å²) in [5, 5.41) is 0. The molecule has 0 aliphatic heterocycles. The van der Waals surface area contributed by atoms with E-state index in [0.29, 0.717) is 13.2 Å². The first-order valence-corrected chi connectivity index (χ1v) is 7.70. The van der Waals surface area contributed by atoms with E-state index in [1.807, 2.05) is 6.92 Å². The molecule has 0 aromatic rings. The molecule has 0 N–H and O–H groups in total. The fraction of sp³-hybridized carbons (Fsp3) is 0.867. The van der Waals surface area contributed by atoms with Crippen LogP contribution in [0.4, 0.5) is 4.79 Å². The molecule has 0 bridgehead atoms. The molecular formula is C15H27NO4. The van der Waals surface area contributed by atoms with E-state index in [-0.39, 0.29) is 30.6 Å². The monoisotopic (exact) mass is 285 g/mol. The van der Waals surface area contributed by atoms with Crippen LogP contribution in [0.3, 0.4) is 0 Å². The minimum absolute atomic E-state index is 0.184. The molecule has 0 aromatic heterocycles. The van der Waals surface area contributed by atoms with E-state index in [1.165, 1.54) is 6.42 Å². The summed E-state index contributed by atoms with van der Waals surface area (Å²) in [7, 11) is 0. The molecule has 0 heterocycles. The highest BCUT2D eigenvalue weighted by molar-refractivity contribution is 5.73. The lowest BCUT2D eigenvalue weighted by molar-refractivity contribution is -0.144. The lowest BCUT2D eigenvalue weighted by Crippen LogP contribution is -2.48. The number of rotatable bonds is 6. The Balaban J connectivity index is 2.69. The number of carbonyl (C=O) groups is 2. The van der Waals surface area contributed by atoms with E-state index in [1.54, 1.807) is 18.7 Å². The lowest BCUT2D eigenvalue weighted by atomic mass is 9.93. The number of nitrogens with zero attached hydrogens (tertiary/aromatic N) is 1. The Morgan fingerprint density at radius 2 is 1.70 bits per heavy atom. The number of hydrogen-bond acceptors (Lipinski definition) is 4. The van der Waals surface area contributed by atoms with Crippen molar-refractivity contribution in [3.63, 3.8) is 0 Å². The van der Waals surface area contributed by atoms with E-state index in [4.69, 9.17) is 9.47 Å². The first-order valence-electron chi connectivity index (χ1n) is 7.70. The smallest absolute Gasteiger partial charge is 0.410 e. The van der Waals surface area contributed by atoms with Gasteiger partial charge in [-0.1, -0.05) is 19.3 Å². The Labute approximate surface area is 121 Å². The van der Waals surface area contributed by atoms with Gasteiger partial charge in [-0.05, 0) is 33.6 Å². The van der Waals surface area contributed by atoms with E-state index in [2.05, 4.69) is 0 Å². The zero-order valence-electron chi connectivity index (χ0n) is 12.9. The molecule has 5 nitrogen and oxygen atoms in total. The van der Waals surface area contributed by atoms with Gasteiger partial charge in [0.1, 0.15) is 0 Å².